The molecule has 0 fully saturated rings. The van der Waals surface area contributed by atoms with Crippen molar-refractivity contribution in [2.45, 2.75) is 20.3 Å². The second-order valence-corrected chi connectivity index (χ2v) is 3.85. The number of rotatable bonds is 3. The van der Waals surface area contributed by atoms with E-state index in [-0.39, 0.29) is 41.4 Å². The topological polar surface area (TPSA) is 103 Å². The number of hydrogen-bond donors (Lipinski definition) is 1. The lowest BCUT2D eigenvalue weighted by molar-refractivity contribution is -0.142. The van der Waals surface area contributed by atoms with E-state index in [1.807, 2.05) is 0 Å². The van der Waals surface area contributed by atoms with Gasteiger partial charge in [0.1, 0.15) is 11.2 Å². The summed E-state index contributed by atoms with van der Waals surface area (Å²) in [6.07, 6.45) is -0.157. The summed E-state index contributed by atoms with van der Waals surface area (Å²) in [5, 5.41) is 9.95. The van der Waals surface area contributed by atoms with Crippen LogP contribution in [0.15, 0.2) is 15.3 Å². The molecule has 2 heterocycles. The van der Waals surface area contributed by atoms with Gasteiger partial charge in [0.25, 0.3) is 0 Å². The summed E-state index contributed by atoms with van der Waals surface area (Å²) < 4.78 is 9.69. The number of nitrogens with zero attached hydrogens (tertiary/aromatic N) is 2. The second kappa shape index (κ2) is 5.05. The van der Waals surface area contributed by atoms with Gasteiger partial charge in [-0.25, -0.2) is 4.79 Å². The normalized spacial score (nSPS) is 10.6. The van der Waals surface area contributed by atoms with Gasteiger partial charge in [-0.1, -0.05) is 0 Å². The fourth-order valence-electron chi connectivity index (χ4n) is 1.73. The lowest BCUT2D eigenvalue weighted by Gasteiger charge is -2.06. The molecular weight excluding hydrogens is 252 g/mol. The molecule has 100 valence electrons. The highest BCUT2D eigenvalue weighted by Crippen LogP contribution is 2.24. The third-order valence-electron chi connectivity index (χ3n) is 2.42. The second-order valence-electron chi connectivity index (χ2n) is 3.85. The Bertz CT molecular complexity index is 692. The van der Waals surface area contributed by atoms with Crippen molar-refractivity contribution in [3.05, 3.63) is 27.9 Å². The Morgan fingerprint density at radius 1 is 1.47 bits per heavy atom. The standard InChI is InChI=1S/C12H12N2O5/c1-3-18-8(15)4-7-5-9(16)19-12-10(7)11(17)13-6(2)14-12/h5H,3-4H2,1-2H3,(H,13,14,17). The van der Waals surface area contributed by atoms with Gasteiger partial charge in [-0.2, -0.15) is 9.97 Å². The monoisotopic (exact) mass is 264 g/mol. The minimum Gasteiger partial charge on any atom is -0.493 e. The minimum atomic E-state index is -0.649. The van der Waals surface area contributed by atoms with Gasteiger partial charge in [-0.05, 0) is 19.4 Å². The Morgan fingerprint density at radius 3 is 2.89 bits per heavy atom. The molecule has 0 aliphatic rings. The smallest absolute Gasteiger partial charge is 0.337 e. The molecule has 0 saturated carbocycles. The van der Waals surface area contributed by atoms with E-state index in [1.165, 1.54) is 0 Å². The number of carbonyl (C=O) groups excluding carboxylic acids is 1. The fourth-order valence-corrected chi connectivity index (χ4v) is 1.73. The van der Waals surface area contributed by atoms with Crippen LogP contribution in [0, 0.1) is 6.92 Å². The van der Waals surface area contributed by atoms with Crippen LogP contribution in [0.1, 0.15) is 18.3 Å². The molecule has 0 saturated heterocycles. The lowest BCUT2D eigenvalue weighted by atomic mass is 10.1. The van der Waals surface area contributed by atoms with Gasteiger partial charge in [0.15, 0.2) is 0 Å². The van der Waals surface area contributed by atoms with Crippen LogP contribution in [0.25, 0.3) is 11.1 Å². The first kappa shape index (κ1) is 13.0. The van der Waals surface area contributed by atoms with Crippen LogP contribution in [0.4, 0.5) is 0 Å². The predicted molar refractivity (Wildman–Crippen MR) is 64.8 cm³/mol. The Labute approximate surface area is 107 Å². The number of hydrogen-bond acceptors (Lipinski definition) is 7. The summed E-state index contributed by atoms with van der Waals surface area (Å²) in [6, 6.07) is 1.12. The van der Waals surface area contributed by atoms with Crippen LogP contribution in [-0.4, -0.2) is 27.7 Å². The zero-order valence-corrected chi connectivity index (χ0v) is 10.5. The Balaban J connectivity index is 2.59. The zero-order valence-electron chi connectivity index (χ0n) is 10.5. The van der Waals surface area contributed by atoms with Crippen molar-refractivity contribution in [1.29, 1.82) is 0 Å². The molecule has 0 bridgehead atoms. The largest absolute Gasteiger partial charge is 0.493 e. The third-order valence-corrected chi connectivity index (χ3v) is 2.42. The molecule has 2 aromatic heterocycles. The van der Waals surface area contributed by atoms with E-state index in [0.29, 0.717) is 0 Å². The highest BCUT2D eigenvalue weighted by molar-refractivity contribution is 5.86. The molecule has 0 spiro atoms. The van der Waals surface area contributed by atoms with Gasteiger partial charge in [-0.15, -0.1) is 0 Å². The van der Waals surface area contributed by atoms with Gasteiger partial charge in [-0.3, -0.25) is 4.79 Å². The van der Waals surface area contributed by atoms with Crippen molar-refractivity contribution >= 4 is 17.1 Å². The summed E-state index contributed by atoms with van der Waals surface area (Å²) in [4.78, 5) is 30.6. The average molecular weight is 264 g/mol. The lowest BCUT2D eigenvalue weighted by Crippen LogP contribution is -2.11. The first-order valence-corrected chi connectivity index (χ1v) is 5.67. The molecule has 0 aliphatic heterocycles. The maximum atomic E-state index is 11.5. The summed E-state index contributed by atoms with van der Waals surface area (Å²) >= 11 is 0. The number of aryl methyl sites for hydroxylation is 1. The number of carbonyl (C=O) groups is 1. The molecule has 0 aliphatic carbocycles. The van der Waals surface area contributed by atoms with Crippen molar-refractivity contribution in [3.63, 3.8) is 0 Å². The van der Waals surface area contributed by atoms with Gasteiger partial charge in [0.2, 0.25) is 11.6 Å². The Kier molecular flexibility index (Phi) is 3.46. The molecule has 2 aromatic rings. The molecular formula is C12H12N2O5. The molecule has 2 rings (SSSR count). The van der Waals surface area contributed by atoms with Gasteiger partial charge in [0, 0.05) is 6.07 Å². The summed E-state index contributed by atoms with van der Waals surface area (Å²) in [7, 11) is 0. The predicted octanol–water partition coefficient (Wildman–Crippen LogP) is 0.703. The van der Waals surface area contributed by atoms with E-state index in [9.17, 15) is 14.7 Å². The van der Waals surface area contributed by atoms with Crippen molar-refractivity contribution in [2.24, 2.45) is 0 Å². The maximum Gasteiger partial charge on any atom is 0.337 e. The van der Waals surface area contributed by atoms with E-state index >= 15 is 0 Å². The van der Waals surface area contributed by atoms with Crippen LogP contribution in [0.2, 0.25) is 0 Å². The SMILES string of the molecule is CCOC(=O)Cc1cc(=O)oc2nc(C)nc(O)c12. The van der Waals surface area contributed by atoms with E-state index in [4.69, 9.17) is 9.15 Å². The van der Waals surface area contributed by atoms with Crippen molar-refractivity contribution < 1.29 is 19.1 Å². The molecule has 0 amide bonds. The molecule has 0 aromatic carbocycles. The van der Waals surface area contributed by atoms with Crippen molar-refractivity contribution in [3.8, 4) is 5.88 Å². The van der Waals surface area contributed by atoms with E-state index in [0.717, 1.165) is 6.07 Å². The van der Waals surface area contributed by atoms with Gasteiger partial charge >= 0.3 is 11.6 Å². The van der Waals surface area contributed by atoms with Crippen molar-refractivity contribution in [2.75, 3.05) is 6.61 Å². The molecule has 7 nitrogen and oxygen atoms in total. The molecule has 0 unspecified atom stereocenters. The zero-order chi connectivity index (χ0) is 14.0. The third kappa shape index (κ3) is 2.70. The Hall–Kier alpha value is -2.44. The highest BCUT2D eigenvalue weighted by Gasteiger charge is 2.16. The highest BCUT2D eigenvalue weighted by atomic mass is 16.5. The molecule has 19 heavy (non-hydrogen) atoms. The van der Waals surface area contributed by atoms with E-state index in [2.05, 4.69) is 9.97 Å². The molecule has 0 radical (unpaired) electrons. The summed E-state index contributed by atoms with van der Waals surface area (Å²) in [6.45, 7) is 3.47. The maximum absolute atomic E-state index is 11.5. The average Bonchev–Trinajstić information content (AvgIpc) is 2.26. The Morgan fingerprint density at radius 2 is 2.21 bits per heavy atom. The molecule has 7 heteroatoms. The van der Waals surface area contributed by atoms with Crippen LogP contribution in [-0.2, 0) is 16.0 Å². The first-order chi connectivity index (χ1) is 9.01. The number of ether oxygens (including phenoxy) is 1. The number of fused-ring (bicyclic) bond motifs is 1. The van der Waals surface area contributed by atoms with Crippen molar-refractivity contribution in [1.82, 2.24) is 9.97 Å². The van der Waals surface area contributed by atoms with Gasteiger partial charge in [0.05, 0.1) is 13.0 Å². The number of esters is 1. The van der Waals surface area contributed by atoms with Crippen LogP contribution in [0.3, 0.4) is 0 Å². The number of aromatic hydroxyl groups is 1. The molecule has 1 N–H and O–H groups in total. The van der Waals surface area contributed by atoms with Crippen LogP contribution < -0.4 is 5.63 Å². The van der Waals surface area contributed by atoms with E-state index < -0.39 is 11.6 Å². The van der Waals surface area contributed by atoms with Crippen LogP contribution >= 0.6 is 0 Å². The fraction of sp³-hybridized carbons (Fsp3) is 0.333. The van der Waals surface area contributed by atoms with Gasteiger partial charge < -0.3 is 14.3 Å². The quantitative estimate of drug-likeness (QED) is 0.814. The van der Waals surface area contributed by atoms with E-state index in [1.54, 1.807) is 13.8 Å². The number of aromatic nitrogens is 2. The minimum absolute atomic E-state index is 0.0446. The van der Waals surface area contributed by atoms with Crippen LogP contribution in [0.5, 0.6) is 5.88 Å². The molecule has 0 atom stereocenters. The summed E-state index contributed by atoms with van der Waals surface area (Å²) in [5.74, 6) is -0.568. The first-order valence-electron chi connectivity index (χ1n) is 5.67. The summed E-state index contributed by atoms with van der Waals surface area (Å²) in [5.41, 5.74) is -0.414.